The van der Waals surface area contributed by atoms with E-state index in [0.29, 0.717) is 18.2 Å². The van der Waals surface area contributed by atoms with Crippen LogP contribution in [0.1, 0.15) is 6.42 Å². The first kappa shape index (κ1) is 6.10. The van der Waals surface area contributed by atoms with Gasteiger partial charge >= 0.3 is 0 Å². The second kappa shape index (κ2) is 1.92. The summed E-state index contributed by atoms with van der Waals surface area (Å²) in [6.45, 7) is 0.664. The fourth-order valence-corrected chi connectivity index (χ4v) is 1.99. The minimum Gasteiger partial charge on any atom is -0.330 e. The third-order valence-corrected chi connectivity index (χ3v) is 2.61. The van der Waals surface area contributed by atoms with Gasteiger partial charge in [0.05, 0.1) is 0 Å². The first-order chi connectivity index (χ1) is 4.83. The second-order valence-corrected chi connectivity index (χ2v) is 3.15. The molecule has 0 radical (unpaired) electrons. The van der Waals surface area contributed by atoms with Crippen LogP contribution in [-0.2, 0) is 4.79 Å². The number of fused-ring (bicyclic) bond motifs is 2. The van der Waals surface area contributed by atoms with Gasteiger partial charge in [0.2, 0.25) is 0 Å². The van der Waals surface area contributed by atoms with Gasteiger partial charge in [0.25, 0.3) is 0 Å². The molecule has 0 aromatic heterocycles. The molecule has 0 aromatic carbocycles. The standard InChI is InChI=1S/C8H11NO/c9-4-6-3-5-1-2-7(6)8(5)10/h1-2,5-7H,3-4,9H2/t5-,6-,7+/m0/s1. The largest absolute Gasteiger partial charge is 0.330 e. The van der Waals surface area contributed by atoms with Crippen molar-refractivity contribution in [2.75, 3.05) is 6.54 Å². The number of hydrogen-bond acceptors (Lipinski definition) is 2. The second-order valence-electron chi connectivity index (χ2n) is 3.15. The predicted octanol–water partition coefficient (Wildman–Crippen LogP) is 0.336. The van der Waals surface area contributed by atoms with Gasteiger partial charge < -0.3 is 5.73 Å². The van der Waals surface area contributed by atoms with E-state index in [0.717, 1.165) is 6.42 Å². The van der Waals surface area contributed by atoms with Gasteiger partial charge in [0, 0.05) is 11.8 Å². The van der Waals surface area contributed by atoms with Crippen LogP contribution in [0.2, 0.25) is 0 Å². The van der Waals surface area contributed by atoms with E-state index in [1.54, 1.807) is 0 Å². The zero-order valence-corrected chi connectivity index (χ0v) is 5.79. The van der Waals surface area contributed by atoms with Crippen LogP contribution in [0, 0.1) is 17.8 Å². The normalized spacial score (nSPS) is 43.3. The highest BCUT2D eigenvalue weighted by atomic mass is 16.1. The smallest absolute Gasteiger partial charge is 0.146 e. The van der Waals surface area contributed by atoms with Crippen LogP contribution in [0.3, 0.4) is 0 Å². The van der Waals surface area contributed by atoms with Crippen LogP contribution in [0.25, 0.3) is 0 Å². The van der Waals surface area contributed by atoms with Crippen LogP contribution in [-0.4, -0.2) is 12.3 Å². The van der Waals surface area contributed by atoms with E-state index in [2.05, 4.69) is 0 Å². The molecule has 54 valence electrons. The van der Waals surface area contributed by atoms with Crippen molar-refractivity contribution in [1.82, 2.24) is 0 Å². The minimum absolute atomic E-state index is 0.176. The van der Waals surface area contributed by atoms with Gasteiger partial charge in [-0.1, -0.05) is 12.2 Å². The minimum atomic E-state index is 0.176. The van der Waals surface area contributed by atoms with Crippen molar-refractivity contribution in [3.63, 3.8) is 0 Å². The lowest BCUT2D eigenvalue weighted by molar-refractivity contribution is -0.121. The van der Waals surface area contributed by atoms with Crippen LogP contribution < -0.4 is 5.73 Å². The van der Waals surface area contributed by atoms with Gasteiger partial charge in [-0.15, -0.1) is 0 Å². The lowest BCUT2D eigenvalue weighted by atomic mass is 9.94. The predicted molar refractivity (Wildman–Crippen MR) is 38.3 cm³/mol. The van der Waals surface area contributed by atoms with Crippen LogP contribution >= 0.6 is 0 Å². The summed E-state index contributed by atoms with van der Waals surface area (Å²) in [5, 5.41) is 0. The highest BCUT2D eigenvalue weighted by Gasteiger charge is 2.42. The highest BCUT2D eigenvalue weighted by Crippen LogP contribution is 2.39. The van der Waals surface area contributed by atoms with E-state index in [1.165, 1.54) is 0 Å². The number of carbonyl (C=O) groups excluding carboxylic acids is 1. The molecule has 1 saturated carbocycles. The van der Waals surface area contributed by atoms with Crippen LogP contribution in [0.4, 0.5) is 0 Å². The number of nitrogens with two attached hydrogens (primary N) is 1. The molecule has 0 saturated heterocycles. The SMILES string of the molecule is NC[C@@H]1C[C@@H]2C=C[C@H]1C2=O. The molecule has 2 nitrogen and oxygen atoms in total. The molecule has 3 atom stereocenters. The molecule has 0 spiro atoms. The summed E-state index contributed by atoms with van der Waals surface area (Å²) in [7, 11) is 0. The molecular weight excluding hydrogens is 126 g/mol. The topological polar surface area (TPSA) is 43.1 Å². The summed E-state index contributed by atoms with van der Waals surface area (Å²) in [4.78, 5) is 11.2. The Balaban J connectivity index is 2.23. The Morgan fingerprint density at radius 1 is 1.60 bits per heavy atom. The summed E-state index contributed by atoms with van der Waals surface area (Å²) in [5.41, 5.74) is 5.50. The van der Waals surface area contributed by atoms with Crippen molar-refractivity contribution in [3.8, 4) is 0 Å². The van der Waals surface area contributed by atoms with Crippen molar-refractivity contribution >= 4 is 5.78 Å². The maximum absolute atomic E-state index is 11.2. The molecule has 2 heteroatoms. The van der Waals surface area contributed by atoms with E-state index in [-0.39, 0.29) is 11.8 Å². The molecule has 0 aromatic rings. The molecule has 0 heterocycles. The van der Waals surface area contributed by atoms with Gasteiger partial charge in [-0.2, -0.15) is 0 Å². The molecule has 2 N–H and O–H groups in total. The number of Topliss-reactive ketones (excluding diaryl/α,β-unsaturated/α-hetero) is 1. The van der Waals surface area contributed by atoms with Crippen molar-refractivity contribution in [2.24, 2.45) is 23.5 Å². The molecule has 10 heavy (non-hydrogen) atoms. The molecule has 1 fully saturated rings. The number of ketones is 1. The average Bonchev–Trinajstić information content (AvgIpc) is 2.46. The van der Waals surface area contributed by atoms with Crippen molar-refractivity contribution in [1.29, 1.82) is 0 Å². The van der Waals surface area contributed by atoms with Gasteiger partial charge in [-0.3, -0.25) is 4.79 Å². The summed E-state index contributed by atoms with van der Waals surface area (Å²) >= 11 is 0. The fourth-order valence-electron chi connectivity index (χ4n) is 1.99. The number of carbonyl (C=O) groups is 1. The molecule has 2 aliphatic rings. The Labute approximate surface area is 60.1 Å². The monoisotopic (exact) mass is 137 g/mol. The Morgan fingerprint density at radius 3 is 2.70 bits per heavy atom. The molecule has 2 aliphatic carbocycles. The summed E-state index contributed by atoms with van der Waals surface area (Å²) in [6.07, 6.45) is 5.05. The van der Waals surface area contributed by atoms with Crippen molar-refractivity contribution in [2.45, 2.75) is 6.42 Å². The van der Waals surface area contributed by atoms with E-state index in [4.69, 9.17) is 5.73 Å². The van der Waals surface area contributed by atoms with Gasteiger partial charge in [-0.25, -0.2) is 0 Å². The zero-order chi connectivity index (χ0) is 7.14. The number of rotatable bonds is 1. The number of hydrogen-bond donors (Lipinski definition) is 1. The highest BCUT2D eigenvalue weighted by molar-refractivity contribution is 5.91. The van der Waals surface area contributed by atoms with E-state index in [9.17, 15) is 4.79 Å². The molecule has 0 unspecified atom stereocenters. The summed E-state index contributed by atoms with van der Waals surface area (Å²) in [5.74, 6) is 1.24. The van der Waals surface area contributed by atoms with E-state index >= 15 is 0 Å². The zero-order valence-electron chi connectivity index (χ0n) is 5.79. The van der Waals surface area contributed by atoms with E-state index in [1.807, 2.05) is 12.2 Å². The lowest BCUT2D eigenvalue weighted by Crippen LogP contribution is -2.19. The van der Waals surface area contributed by atoms with Crippen molar-refractivity contribution in [3.05, 3.63) is 12.2 Å². The first-order valence-corrected chi connectivity index (χ1v) is 3.75. The molecule has 0 amide bonds. The third kappa shape index (κ3) is 0.598. The van der Waals surface area contributed by atoms with Gasteiger partial charge in [-0.05, 0) is 18.9 Å². The average molecular weight is 137 g/mol. The Morgan fingerprint density at radius 2 is 2.40 bits per heavy atom. The quantitative estimate of drug-likeness (QED) is 0.529. The first-order valence-electron chi connectivity index (χ1n) is 3.75. The maximum Gasteiger partial charge on any atom is 0.146 e. The lowest BCUT2D eigenvalue weighted by Gasteiger charge is -2.12. The maximum atomic E-state index is 11.2. The van der Waals surface area contributed by atoms with Crippen LogP contribution in [0.5, 0.6) is 0 Å². The molecule has 2 rings (SSSR count). The Bertz CT molecular complexity index is 197. The summed E-state index contributed by atoms with van der Waals surface area (Å²) in [6, 6.07) is 0. The van der Waals surface area contributed by atoms with Gasteiger partial charge in [0.1, 0.15) is 5.78 Å². The molecule has 0 aliphatic heterocycles. The van der Waals surface area contributed by atoms with E-state index < -0.39 is 0 Å². The Kier molecular flexibility index (Phi) is 1.17. The number of allylic oxidation sites excluding steroid dienone is 2. The van der Waals surface area contributed by atoms with Crippen LogP contribution in [0.15, 0.2) is 12.2 Å². The Hall–Kier alpha value is -0.630. The summed E-state index contributed by atoms with van der Waals surface area (Å²) < 4.78 is 0. The molecular formula is C8H11NO. The fraction of sp³-hybridized carbons (Fsp3) is 0.625. The van der Waals surface area contributed by atoms with Crippen molar-refractivity contribution < 1.29 is 4.79 Å². The molecule has 2 bridgehead atoms. The third-order valence-electron chi connectivity index (χ3n) is 2.61. The van der Waals surface area contributed by atoms with Gasteiger partial charge in [0.15, 0.2) is 0 Å².